The van der Waals surface area contributed by atoms with Gasteiger partial charge in [0.1, 0.15) is 0 Å². The molecule has 0 amide bonds. The highest BCUT2D eigenvalue weighted by Gasteiger charge is 2.12. The van der Waals surface area contributed by atoms with Gasteiger partial charge in [-0.25, -0.2) is 0 Å². The lowest BCUT2D eigenvalue weighted by molar-refractivity contribution is -0.130. The maximum Gasteiger partial charge on any atom is 0.315 e. The molecule has 1 aromatic carbocycles. The number of benzene rings is 1. The van der Waals surface area contributed by atoms with Crippen LogP contribution < -0.4 is 4.74 Å². The third-order valence-electron chi connectivity index (χ3n) is 1.54. The van der Waals surface area contributed by atoms with Crippen LogP contribution in [0.25, 0.3) is 0 Å². The van der Waals surface area contributed by atoms with Crippen LogP contribution in [0.4, 0.5) is 0 Å². The monoisotopic (exact) mass is 397 g/mol. The third kappa shape index (κ3) is 3.89. The molecule has 81 valence electrons. The second-order valence-electron chi connectivity index (χ2n) is 2.73. The summed E-state index contributed by atoms with van der Waals surface area (Å²) < 4.78 is 7.51. The molecule has 0 spiro atoms. The van der Waals surface area contributed by atoms with Gasteiger partial charge >= 0.3 is 5.97 Å². The fraction of sp³-hybridized carbons (Fsp3) is 0.200. The van der Waals surface area contributed by atoms with Crippen LogP contribution in [0.1, 0.15) is 13.3 Å². The second-order valence-corrected chi connectivity index (χ2v) is 5.36. The van der Waals surface area contributed by atoms with Gasteiger partial charge < -0.3 is 4.74 Å². The molecule has 0 aliphatic heterocycles. The van der Waals surface area contributed by atoms with Crippen LogP contribution in [0.2, 0.25) is 0 Å². The highest BCUT2D eigenvalue weighted by Crippen LogP contribution is 2.36. The lowest BCUT2D eigenvalue weighted by atomic mass is 10.3. The Bertz CT molecular complexity index is 354. The highest BCUT2D eigenvalue weighted by molar-refractivity contribution is 9.11. The van der Waals surface area contributed by atoms with E-state index in [4.69, 9.17) is 4.74 Å². The molecule has 0 fully saturated rings. The summed E-state index contributed by atoms with van der Waals surface area (Å²) >= 11 is 9.99. The second kappa shape index (κ2) is 6.01. The van der Waals surface area contributed by atoms with Crippen LogP contribution >= 0.6 is 47.8 Å². The van der Waals surface area contributed by atoms with E-state index in [0.29, 0.717) is 12.2 Å². The molecule has 0 saturated carbocycles. The van der Waals surface area contributed by atoms with Gasteiger partial charge in [0.25, 0.3) is 0 Å². The van der Waals surface area contributed by atoms with Gasteiger partial charge in [-0.3, -0.25) is 4.79 Å². The summed E-state index contributed by atoms with van der Waals surface area (Å²) in [5.41, 5.74) is 0. The zero-order valence-electron chi connectivity index (χ0n) is 7.89. The van der Waals surface area contributed by atoms with Gasteiger partial charge in [0.05, 0.1) is 15.4 Å². The normalized spacial score (nSPS) is 10.1. The maximum atomic E-state index is 11.3. The summed E-state index contributed by atoms with van der Waals surface area (Å²) in [5.74, 6) is 0.147. The van der Waals surface area contributed by atoms with Crippen LogP contribution in [0, 0.1) is 6.42 Å². The number of carbonyl (C=O) groups excluding carboxylic acids is 1. The van der Waals surface area contributed by atoms with Crippen molar-refractivity contribution >= 4 is 53.8 Å². The number of hydrogen-bond acceptors (Lipinski definition) is 2. The molecule has 1 radical (unpaired) electrons. The molecular weight excluding hydrogens is 392 g/mol. The van der Waals surface area contributed by atoms with Crippen molar-refractivity contribution in [1.29, 1.82) is 0 Å². The Labute approximate surface area is 114 Å². The van der Waals surface area contributed by atoms with Crippen molar-refractivity contribution < 1.29 is 9.53 Å². The minimum absolute atomic E-state index is 0.346. The summed E-state index contributed by atoms with van der Waals surface area (Å²) in [6, 6.07) is 3.64. The van der Waals surface area contributed by atoms with Gasteiger partial charge in [0.15, 0.2) is 5.75 Å². The van der Waals surface area contributed by atoms with Crippen molar-refractivity contribution in [1.82, 2.24) is 0 Å². The lowest BCUT2D eigenvalue weighted by Gasteiger charge is -2.08. The van der Waals surface area contributed by atoms with Crippen molar-refractivity contribution in [2.75, 3.05) is 0 Å². The Kier molecular flexibility index (Phi) is 5.29. The van der Waals surface area contributed by atoms with E-state index < -0.39 is 0 Å². The average Bonchev–Trinajstić information content (AvgIpc) is 2.11. The van der Waals surface area contributed by atoms with Gasteiger partial charge in [-0.15, -0.1) is 0 Å². The molecule has 0 aliphatic rings. The average molecular weight is 400 g/mol. The van der Waals surface area contributed by atoms with E-state index in [1.54, 1.807) is 0 Å². The van der Waals surface area contributed by atoms with Gasteiger partial charge in [0, 0.05) is 4.47 Å². The molecule has 0 saturated heterocycles. The quantitative estimate of drug-likeness (QED) is 0.552. The molecule has 0 aromatic heterocycles. The predicted molar refractivity (Wildman–Crippen MR) is 69.8 cm³/mol. The summed E-state index contributed by atoms with van der Waals surface area (Å²) in [4.78, 5) is 11.3. The first-order valence-electron chi connectivity index (χ1n) is 4.24. The summed E-state index contributed by atoms with van der Waals surface area (Å²) in [6.45, 7) is 1.88. The Morgan fingerprint density at radius 1 is 1.33 bits per heavy atom. The number of halogens is 3. The zero-order chi connectivity index (χ0) is 11.4. The molecule has 0 heterocycles. The molecular formula is C10H8Br3O2. The SMILES string of the molecule is CC[CH]C(=O)Oc1c(Br)cc(Br)cc1Br. The van der Waals surface area contributed by atoms with E-state index in [1.165, 1.54) is 6.42 Å². The van der Waals surface area contributed by atoms with Crippen LogP contribution in [0.5, 0.6) is 5.75 Å². The molecule has 1 rings (SSSR count). The first kappa shape index (κ1) is 13.2. The Balaban J connectivity index is 2.90. The Hall–Kier alpha value is 0.130. The Morgan fingerprint density at radius 3 is 2.33 bits per heavy atom. The number of esters is 1. The molecule has 15 heavy (non-hydrogen) atoms. The van der Waals surface area contributed by atoms with E-state index in [1.807, 2.05) is 19.1 Å². The van der Waals surface area contributed by atoms with Gasteiger partial charge in [-0.1, -0.05) is 22.9 Å². The highest BCUT2D eigenvalue weighted by atomic mass is 79.9. The van der Waals surface area contributed by atoms with Crippen molar-refractivity contribution in [3.8, 4) is 5.75 Å². The third-order valence-corrected chi connectivity index (χ3v) is 3.17. The lowest BCUT2D eigenvalue weighted by Crippen LogP contribution is -2.08. The minimum atomic E-state index is -0.346. The van der Waals surface area contributed by atoms with Gasteiger partial charge in [-0.05, 0) is 50.4 Å². The van der Waals surface area contributed by atoms with Crippen LogP contribution in [0.3, 0.4) is 0 Å². The van der Waals surface area contributed by atoms with E-state index >= 15 is 0 Å². The number of hydrogen-bond donors (Lipinski definition) is 0. The molecule has 0 unspecified atom stereocenters. The smallest absolute Gasteiger partial charge is 0.315 e. The molecule has 1 aromatic rings. The minimum Gasteiger partial charge on any atom is -0.424 e. The molecule has 0 bridgehead atoms. The number of carbonyl (C=O) groups is 1. The van der Waals surface area contributed by atoms with Crippen LogP contribution in [-0.4, -0.2) is 5.97 Å². The molecule has 2 nitrogen and oxygen atoms in total. The van der Waals surface area contributed by atoms with E-state index in [2.05, 4.69) is 47.8 Å². The van der Waals surface area contributed by atoms with Crippen molar-refractivity contribution in [2.24, 2.45) is 0 Å². The van der Waals surface area contributed by atoms with E-state index in [9.17, 15) is 4.79 Å². The molecule has 0 aliphatic carbocycles. The van der Waals surface area contributed by atoms with Crippen molar-refractivity contribution in [3.05, 3.63) is 32.0 Å². The first-order chi connectivity index (χ1) is 7.04. The van der Waals surface area contributed by atoms with Gasteiger partial charge in [0.2, 0.25) is 0 Å². The van der Waals surface area contributed by atoms with Crippen molar-refractivity contribution in [2.45, 2.75) is 13.3 Å². The largest absolute Gasteiger partial charge is 0.424 e. The standard InChI is InChI=1S/C10H8Br3O2/c1-2-3-9(14)15-10-7(12)4-6(11)5-8(10)13/h3-5H,2H2,1H3. The summed E-state index contributed by atoms with van der Waals surface area (Å²) in [7, 11) is 0. The molecule has 5 heteroatoms. The van der Waals surface area contributed by atoms with Crippen LogP contribution in [0.15, 0.2) is 25.6 Å². The Morgan fingerprint density at radius 2 is 1.87 bits per heavy atom. The number of rotatable bonds is 3. The van der Waals surface area contributed by atoms with Crippen LogP contribution in [-0.2, 0) is 4.79 Å². The van der Waals surface area contributed by atoms with E-state index in [-0.39, 0.29) is 5.97 Å². The molecule has 0 N–H and O–H groups in total. The summed E-state index contributed by atoms with van der Waals surface area (Å²) in [6.07, 6.45) is 2.14. The van der Waals surface area contributed by atoms with Crippen molar-refractivity contribution in [3.63, 3.8) is 0 Å². The van der Waals surface area contributed by atoms with Gasteiger partial charge in [-0.2, -0.15) is 0 Å². The topological polar surface area (TPSA) is 26.3 Å². The fourth-order valence-corrected chi connectivity index (χ4v) is 3.36. The fourth-order valence-electron chi connectivity index (χ4n) is 0.935. The van der Waals surface area contributed by atoms with E-state index in [0.717, 1.165) is 13.4 Å². The number of ether oxygens (including phenoxy) is 1. The molecule has 0 atom stereocenters. The zero-order valence-corrected chi connectivity index (χ0v) is 12.6. The first-order valence-corrected chi connectivity index (χ1v) is 6.62. The predicted octanol–water partition coefficient (Wildman–Crippen LogP) is 4.49. The maximum absolute atomic E-state index is 11.3. The summed E-state index contributed by atoms with van der Waals surface area (Å²) in [5, 5.41) is 0.